The van der Waals surface area contributed by atoms with Crippen LogP contribution in [-0.4, -0.2) is 28.8 Å². The number of esters is 1. The summed E-state index contributed by atoms with van der Waals surface area (Å²) >= 11 is 7.39. The number of anilines is 2. The average Bonchev–Trinajstić information content (AvgIpc) is 3.24. The van der Waals surface area contributed by atoms with Gasteiger partial charge in [-0.3, -0.25) is 0 Å². The zero-order chi connectivity index (χ0) is 23.7. The lowest BCUT2D eigenvalue weighted by atomic mass is 10.1. The minimum Gasteiger partial charge on any atom is -0.464 e. The highest BCUT2D eigenvalue weighted by atomic mass is 35.5. The molecular weight excluding hydrogens is 468 g/mol. The van der Waals surface area contributed by atoms with Crippen molar-refractivity contribution in [2.75, 3.05) is 17.1 Å². The number of thioether (sulfide) groups is 1. The Morgan fingerprint density at radius 1 is 0.941 bits per heavy atom. The second kappa shape index (κ2) is 9.00. The van der Waals surface area contributed by atoms with Gasteiger partial charge in [0.05, 0.1) is 24.2 Å². The average molecular weight is 489 g/mol. The van der Waals surface area contributed by atoms with Crippen molar-refractivity contribution in [1.29, 1.82) is 0 Å². The number of benzene rings is 3. The monoisotopic (exact) mass is 488 g/mol. The van der Waals surface area contributed by atoms with Gasteiger partial charge in [0.1, 0.15) is 0 Å². The predicted octanol–water partition coefficient (Wildman–Crippen LogP) is 5.82. The van der Waals surface area contributed by atoms with E-state index < -0.39 is 11.0 Å². The highest BCUT2D eigenvalue weighted by molar-refractivity contribution is 8.17. The number of ether oxygens (including phenoxy) is 1. The van der Waals surface area contributed by atoms with Crippen LogP contribution in [0.5, 0.6) is 0 Å². The van der Waals surface area contributed by atoms with Crippen LogP contribution in [0.3, 0.4) is 0 Å². The normalized spacial score (nSPS) is 19.3. The Bertz CT molecular complexity index is 1320. The Hall–Kier alpha value is -3.55. The van der Waals surface area contributed by atoms with Crippen LogP contribution in [0, 0.1) is 6.92 Å². The highest BCUT2D eigenvalue weighted by Gasteiger charge is 2.51. The first kappa shape index (κ1) is 22.3. The van der Waals surface area contributed by atoms with Crippen molar-refractivity contribution in [1.82, 2.24) is 0 Å². The van der Waals surface area contributed by atoms with E-state index in [-0.39, 0.29) is 5.04 Å². The molecule has 6 nitrogen and oxygen atoms in total. The molecule has 8 heteroatoms. The molecule has 2 aliphatic heterocycles. The number of hydrogen-bond donors (Lipinski definition) is 0. The quantitative estimate of drug-likeness (QED) is 0.433. The topological polar surface area (TPSA) is 57.5 Å². The SMILES string of the molecule is COC(=O)C1=NN(c2cccc(C)c2)[C@@]2(C=CC(c3ccc(Cl)cc3)=NN2c2ccccc2)S1. The summed E-state index contributed by atoms with van der Waals surface area (Å²) in [5.41, 5.74) is 4.46. The number of hydrogen-bond acceptors (Lipinski definition) is 7. The smallest absolute Gasteiger partial charge is 0.365 e. The van der Waals surface area contributed by atoms with Gasteiger partial charge in [-0.05, 0) is 72.8 Å². The number of allylic oxidation sites excluding steroid dienone is 1. The van der Waals surface area contributed by atoms with Gasteiger partial charge in [0.15, 0.2) is 0 Å². The Balaban J connectivity index is 1.67. The molecular formula is C26H21ClN4O2S. The Labute approximate surface area is 207 Å². The van der Waals surface area contributed by atoms with Crippen LogP contribution in [0.1, 0.15) is 11.1 Å². The van der Waals surface area contributed by atoms with Gasteiger partial charge < -0.3 is 4.74 Å². The molecule has 2 heterocycles. The Morgan fingerprint density at radius 3 is 2.35 bits per heavy atom. The van der Waals surface area contributed by atoms with Crippen LogP contribution in [0.15, 0.2) is 101 Å². The molecule has 3 aromatic rings. The molecule has 5 rings (SSSR count). The number of para-hydroxylation sites is 1. The zero-order valence-corrected chi connectivity index (χ0v) is 20.1. The second-order valence-corrected chi connectivity index (χ2v) is 9.41. The molecule has 2 aliphatic rings. The largest absolute Gasteiger partial charge is 0.464 e. The van der Waals surface area contributed by atoms with Crippen LogP contribution in [0.4, 0.5) is 11.4 Å². The number of nitrogens with zero attached hydrogens (tertiary/aromatic N) is 4. The predicted molar refractivity (Wildman–Crippen MR) is 139 cm³/mol. The van der Waals surface area contributed by atoms with E-state index in [9.17, 15) is 4.79 Å². The summed E-state index contributed by atoms with van der Waals surface area (Å²) in [6.07, 6.45) is 3.97. The van der Waals surface area contributed by atoms with Gasteiger partial charge in [0, 0.05) is 10.6 Å². The van der Waals surface area contributed by atoms with Crippen molar-refractivity contribution in [3.05, 3.63) is 107 Å². The molecule has 3 aromatic carbocycles. The second-order valence-electron chi connectivity index (χ2n) is 7.78. The number of hydrazone groups is 2. The van der Waals surface area contributed by atoms with E-state index in [0.717, 1.165) is 28.2 Å². The summed E-state index contributed by atoms with van der Waals surface area (Å²) < 4.78 is 5.01. The molecule has 0 saturated carbocycles. The van der Waals surface area contributed by atoms with Crippen LogP contribution in [0.25, 0.3) is 0 Å². The maximum atomic E-state index is 12.6. The molecule has 0 amide bonds. The van der Waals surface area contributed by atoms with E-state index in [0.29, 0.717) is 5.02 Å². The molecule has 0 saturated heterocycles. The lowest BCUT2D eigenvalue weighted by Crippen LogP contribution is -2.53. The van der Waals surface area contributed by atoms with Gasteiger partial charge in [-0.2, -0.15) is 10.2 Å². The fourth-order valence-electron chi connectivity index (χ4n) is 3.84. The van der Waals surface area contributed by atoms with Crippen molar-refractivity contribution in [3.8, 4) is 0 Å². The van der Waals surface area contributed by atoms with Crippen LogP contribution >= 0.6 is 23.4 Å². The van der Waals surface area contributed by atoms with Gasteiger partial charge >= 0.3 is 5.97 Å². The maximum absolute atomic E-state index is 12.6. The fourth-order valence-corrected chi connectivity index (χ4v) is 5.14. The molecule has 0 bridgehead atoms. The number of carbonyl (C=O) groups is 1. The third-order valence-electron chi connectivity index (χ3n) is 5.46. The summed E-state index contributed by atoms with van der Waals surface area (Å²) in [6, 6.07) is 25.4. The number of methoxy groups -OCH3 is 1. The molecule has 1 spiro atoms. The summed E-state index contributed by atoms with van der Waals surface area (Å²) in [5, 5.41) is 14.4. The standard InChI is InChI=1S/C26H21ClN4O2S/c1-18-7-6-10-22(17-18)31-26(34-24(29-31)25(32)33-2)16-15-23(19-11-13-20(27)14-12-19)28-30(26)21-8-4-3-5-9-21/h3-17H,1-2H3/t26-/m0/s1. The van der Waals surface area contributed by atoms with E-state index in [2.05, 4.69) is 0 Å². The minimum atomic E-state index is -0.950. The molecule has 0 radical (unpaired) electrons. The summed E-state index contributed by atoms with van der Waals surface area (Å²) in [7, 11) is 1.36. The molecule has 0 aliphatic carbocycles. The summed E-state index contributed by atoms with van der Waals surface area (Å²) in [5.74, 6) is -0.492. The third kappa shape index (κ3) is 3.97. The first-order valence-corrected chi connectivity index (χ1v) is 11.8. The van der Waals surface area contributed by atoms with Crippen molar-refractivity contribution in [3.63, 3.8) is 0 Å². The molecule has 34 heavy (non-hydrogen) atoms. The van der Waals surface area contributed by atoms with Crippen molar-refractivity contribution in [2.45, 2.75) is 11.9 Å². The number of rotatable bonds is 4. The van der Waals surface area contributed by atoms with Gasteiger partial charge in [-0.25, -0.2) is 14.8 Å². The molecule has 170 valence electrons. The Kier molecular flexibility index (Phi) is 5.89. The zero-order valence-electron chi connectivity index (χ0n) is 18.6. The third-order valence-corrected chi connectivity index (χ3v) is 6.93. The van der Waals surface area contributed by atoms with E-state index in [1.54, 1.807) is 0 Å². The van der Waals surface area contributed by atoms with E-state index >= 15 is 0 Å². The van der Waals surface area contributed by atoms with Gasteiger partial charge in [-0.15, -0.1) is 0 Å². The highest BCUT2D eigenvalue weighted by Crippen LogP contribution is 2.48. The van der Waals surface area contributed by atoms with Crippen molar-refractivity contribution < 1.29 is 9.53 Å². The lowest BCUT2D eigenvalue weighted by molar-refractivity contribution is -0.132. The molecule has 0 aromatic heterocycles. The van der Waals surface area contributed by atoms with Gasteiger partial charge in [-0.1, -0.05) is 54.1 Å². The van der Waals surface area contributed by atoms with E-state index in [1.807, 2.05) is 108 Å². The first-order valence-electron chi connectivity index (χ1n) is 10.6. The van der Waals surface area contributed by atoms with Crippen LogP contribution in [-0.2, 0) is 9.53 Å². The first-order chi connectivity index (χ1) is 16.5. The van der Waals surface area contributed by atoms with Gasteiger partial charge in [0.2, 0.25) is 10.0 Å². The number of carbonyl (C=O) groups excluding carboxylic acids is 1. The number of halogens is 1. The lowest BCUT2D eigenvalue weighted by Gasteiger charge is -2.43. The van der Waals surface area contributed by atoms with E-state index in [1.165, 1.54) is 18.9 Å². The fraction of sp³-hybridized carbons (Fsp3) is 0.115. The van der Waals surface area contributed by atoms with Crippen molar-refractivity contribution in [2.24, 2.45) is 10.2 Å². The number of aryl methyl sites for hydroxylation is 1. The summed E-state index contributed by atoms with van der Waals surface area (Å²) in [6.45, 7) is 2.02. The molecule has 0 unspecified atom stereocenters. The summed E-state index contributed by atoms with van der Waals surface area (Å²) in [4.78, 5) is 11.6. The van der Waals surface area contributed by atoms with Crippen molar-refractivity contribution >= 4 is 51.5 Å². The molecule has 0 fully saturated rings. The Morgan fingerprint density at radius 2 is 1.65 bits per heavy atom. The van der Waals surface area contributed by atoms with Crippen LogP contribution < -0.4 is 10.0 Å². The van der Waals surface area contributed by atoms with Gasteiger partial charge in [0.25, 0.3) is 0 Å². The molecule has 0 N–H and O–H groups in total. The van der Waals surface area contributed by atoms with Crippen LogP contribution in [0.2, 0.25) is 5.02 Å². The minimum absolute atomic E-state index is 0.250. The van der Waals surface area contributed by atoms with E-state index in [4.69, 9.17) is 26.5 Å². The maximum Gasteiger partial charge on any atom is 0.365 e. The molecule has 1 atom stereocenters.